The summed E-state index contributed by atoms with van der Waals surface area (Å²) in [5.41, 5.74) is 2.41. The Bertz CT molecular complexity index is 603. The molecule has 0 aliphatic heterocycles. The molecule has 0 radical (unpaired) electrons. The first kappa shape index (κ1) is 12.9. The molecule has 6 heteroatoms. The van der Waals surface area contributed by atoms with E-state index in [1.54, 1.807) is 0 Å². The van der Waals surface area contributed by atoms with Crippen molar-refractivity contribution in [2.75, 3.05) is 5.32 Å². The van der Waals surface area contributed by atoms with Crippen molar-refractivity contribution in [2.45, 2.75) is 19.8 Å². The standard InChI is InChI=1S/C12H13N3OS2/c1-8-4-2-3-5-9(8)6-7-10(16)13-11-14-15-12(17)18-11/h2-5H,6-7H2,1H3,(H,15,17)(H,13,14,16). The normalized spacial score (nSPS) is 10.3. The van der Waals surface area contributed by atoms with Gasteiger partial charge in [0.1, 0.15) is 0 Å². The predicted octanol–water partition coefficient (Wildman–Crippen LogP) is 3.08. The van der Waals surface area contributed by atoms with Gasteiger partial charge in [-0.3, -0.25) is 9.89 Å². The molecular weight excluding hydrogens is 266 g/mol. The van der Waals surface area contributed by atoms with Crippen LogP contribution in [0.2, 0.25) is 0 Å². The molecule has 1 aromatic heterocycles. The predicted molar refractivity (Wildman–Crippen MR) is 75.4 cm³/mol. The van der Waals surface area contributed by atoms with Crippen LogP contribution < -0.4 is 5.32 Å². The second kappa shape index (κ2) is 5.88. The Hall–Kier alpha value is -1.53. The lowest BCUT2D eigenvalue weighted by atomic mass is 10.0. The molecule has 0 bridgehead atoms. The SMILES string of the molecule is Cc1ccccc1CCC(=O)Nc1n[nH]c(=S)s1. The highest BCUT2D eigenvalue weighted by Gasteiger charge is 2.06. The molecule has 2 aromatic rings. The number of rotatable bonds is 4. The number of nitrogens with zero attached hydrogens (tertiary/aromatic N) is 1. The largest absolute Gasteiger partial charge is 0.301 e. The van der Waals surface area contributed by atoms with Crippen molar-refractivity contribution < 1.29 is 4.79 Å². The van der Waals surface area contributed by atoms with Crippen LogP contribution in [0.5, 0.6) is 0 Å². The molecule has 18 heavy (non-hydrogen) atoms. The first-order chi connectivity index (χ1) is 8.65. The Kier molecular flexibility index (Phi) is 4.22. The number of H-pyrrole nitrogens is 1. The number of amides is 1. The lowest BCUT2D eigenvalue weighted by Crippen LogP contribution is -2.12. The highest BCUT2D eigenvalue weighted by molar-refractivity contribution is 7.73. The van der Waals surface area contributed by atoms with Crippen LogP contribution in [0.4, 0.5) is 5.13 Å². The molecule has 0 aliphatic carbocycles. The first-order valence-corrected chi connectivity index (χ1v) is 6.77. The van der Waals surface area contributed by atoms with Crippen LogP contribution in [0, 0.1) is 10.9 Å². The van der Waals surface area contributed by atoms with Crippen molar-refractivity contribution >= 4 is 34.6 Å². The average Bonchev–Trinajstić information content (AvgIpc) is 2.74. The molecule has 0 spiro atoms. The van der Waals surface area contributed by atoms with Gasteiger partial charge in [-0.2, -0.15) is 0 Å². The summed E-state index contributed by atoms with van der Waals surface area (Å²) in [5.74, 6) is -0.0454. The summed E-state index contributed by atoms with van der Waals surface area (Å²) < 4.78 is 0.559. The Morgan fingerprint density at radius 3 is 2.94 bits per heavy atom. The van der Waals surface area contributed by atoms with Gasteiger partial charge in [-0.1, -0.05) is 35.6 Å². The molecule has 1 amide bonds. The maximum Gasteiger partial charge on any atom is 0.226 e. The minimum Gasteiger partial charge on any atom is -0.301 e. The highest BCUT2D eigenvalue weighted by atomic mass is 32.1. The molecule has 0 unspecified atom stereocenters. The first-order valence-electron chi connectivity index (χ1n) is 5.55. The Balaban J connectivity index is 1.89. The number of benzene rings is 1. The zero-order chi connectivity index (χ0) is 13.0. The summed E-state index contributed by atoms with van der Waals surface area (Å²) >= 11 is 6.15. The van der Waals surface area contributed by atoms with Gasteiger partial charge in [0.25, 0.3) is 0 Å². The van der Waals surface area contributed by atoms with Crippen molar-refractivity contribution in [1.29, 1.82) is 0 Å². The number of aryl methyl sites for hydroxylation is 2. The van der Waals surface area contributed by atoms with Gasteiger partial charge in [0.05, 0.1) is 0 Å². The van der Waals surface area contributed by atoms with E-state index >= 15 is 0 Å². The van der Waals surface area contributed by atoms with Crippen LogP contribution in [0.15, 0.2) is 24.3 Å². The molecule has 0 saturated heterocycles. The van der Waals surface area contributed by atoms with Crippen LogP contribution in [-0.2, 0) is 11.2 Å². The van der Waals surface area contributed by atoms with Gasteiger partial charge in [0, 0.05) is 6.42 Å². The van der Waals surface area contributed by atoms with Crippen molar-refractivity contribution in [2.24, 2.45) is 0 Å². The zero-order valence-corrected chi connectivity index (χ0v) is 11.5. The molecule has 0 atom stereocenters. The molecule has 0 fully saturated rings. The van der Waals surface area contributed by atoms with E-state index in [-0.39, 0.29) is 5.91 Å². The number of aromatic nitrogens is 2. The van der Waals surface area contributed by atoms with Gasteiger partial charge < -0.3 is 5.32 Å². The molecule has 1 heterocycles. The summed E-state index contributed by atoms with van der Waals surface area (Å²) in [6, 6.07) is 8.07. The molecule has 94 valence electrons. The summed E-state index contributed by atoms with van der Waals surface area (Å²) in [5, 5.41) is 9.76. The van der Waals surface area contributed by atoms with Crippen LogP contribution in [0.1, 0.15) is 17.5 Å². The summed E-state index contributed by atoms with van der Waals surface area (Å²) in [7, 11) is 0. The van der Waals surface area contributed by atoms with E-state index < -0.39 is 0 Å². The molecule has 0 aliphatic rings. The van der Waals surface area contributed by atoms with Crippen LogP contribution in [0.3, 0.4) is 0 Å². The fraction of sp³-hybridized carbons (Fsp3) is 0.250. The van der Waals surface area contributed by atoms with E-state index in [2.05, 4.69) is 15.5 Å². The van der Waals surface area contributed by atoms with Gasteiger partial charge in [-0.05, 0) is 36.7 Å². The number of hydrogen-bond acceptors (Lipinski definition) is 4. The van der Waals surface area contributed by atoms with Crippen molar-refractivity contribution in [3.8, 4) is 0 Å². The zero-order valence-electron chi connectivity index (χ0n) is 9.90. The molecule has 2 rings (SSSR count). The number of nitrogens with one attached hydrogen (secondary N) is 2. The second-order valence-electron chi connectivity index (χ2n) is 3.89. The minimum absolute atomic E-state index is 0.0454. The van der Waals surface area contributed by atoms with Crippen molar-refractivity contribution in [3.63, 3.8) is 0 Å². The Labute approximate surface area is 114 Å². The lowest BCUT2D eigenvalue weighted by Gasteiger charge is -2.04. The third-order valence-electron chi connectivity index (χ3n) is 2.57. The number of aromatic amines is 1. The van der Waals surface area contributed by atoms with Crippen LogP contribution >= 0.6 is 23.6 Å². The molecule has 1 aromatic carbocycles. The van der Waals surface area contributed by atoms with E-state index in [4.69, 9.17) is 12.2 Å². The summed E-state index contributed by atoms with van der Waals surface area (Å²) in [4.78, 5) is 11.7. The third-order valence-corrected chi connectivity index (χ3v) is 3.57. The number of carbonyl (C=O) groups excluding carboxylic acids is 1. The third kappa shape index (κ3) is 3.48. The molecular formula is C12H13N3OS2. The molecule has 2 N–H and O–H groups in total. The van der Waals surface area contributed by atoms with E-state index in [9.17, 15) is 4.79 Å². The number of carbonyl (C=O) groups is 1. The van der Waals surface area contributed by atoms with Gasteiger partial charge in [0.15, 0.2) is 3.95 Å². The smallest absolute Gasteiger partial charge is 0.226 e. The van der Waals surface area contributed by atoms with Crippen LogP contribution in [-0.4, -0.2) is 16.1 Å². The minimum atomic E-state index is -0.0454. The highest BCUT2D eigenvalue weighted by Crippen LogP contribution is 2.13. The molecule has 4 nitrogen and oxygen atoms in total. The summed E-state index contributed by atoms with van der Waals surface area (Å²) in [6.07, 6.45) is 1.17. The van der Waals surface area contributed by atoms with E-state index in [1.165, 1.54) is 22.5 Å². The summed E-state index contributed by atoms with van der Waals surface area (Å²) in [6.45, 7) is 2.05. The average molecular weight is 279 g/mol. The van der Waals surface area contributed by atoms with E-state index in [0.29, 0.717) is 15.5 Å². The second-order valence-corrected chi connectivity index (χ2v) is 5.56. The van der Waals surface area contributed by atoms with Gasteiger partial charge >= 0.3 is 0 Å². The number of anilines is 1. The topological polar surface area (TPSA) is 57.8 Å². The monoisotopic (exact) mass is 279 g/mol. The quantitative estimate of drug-likeness (QED) is 0.846. The Morgan fingerprint density at radius 1 is 1.50 bits per heavy atom. The fourth-order valence-corrected chi connectivity index (χ4v) is 2.41. The molecule has 0 saturated carbocycles. The van der Waals surface area contributed by atoms with Gasteiger partial charge in [-0.25, -0.2) is 0 Å². The van der Waals surface area contributed by atoms with E-state index in [0.717, 1.165) is 6.42 Å². The van der Waals surface area contributed by atoms with Crippen molar-refractivity contribution in [3.05, 3.63) is 39.3 Å². The number of hydrogen-bond donors (Lipinski definition) is 2. The van der Waals surface area contributed by atoms with Gasteiger partial charge in [-0.15, -0.1) is 5.10 Å². The maximum atomic E-state index is 11.7. The van der Waals surface area contributed by atoms with Crippen LogP contribution in [0.25, 0.3) is 0 Å². The Morgan fingerprint density at radius 2 is 2.28 bits per heavy atom. The van der Waals surface area contributed by atoms with Gasteiger partial charge in [0.2, 0.25) is 11.0 Å². The van der Waals surface area contributed by atoms with E-state index in [1.807, 2.05) is 31.2 Å². The van der Waals surface area contributed by atoms with Crippen molar-refractivity contribution in [1.82, 2.24) is 10.2 Å². The fourth-order valence-electron chi connectivity index (χ4n) is 1.60. The maximum absolute atomic E-state index is 11.7. The lowest BCUT2D eigenvalue weighted by molar-refractivity contribution is -0.116.